The molecule has 1 rings (SSSR count). The Labute approximate surface area is 82.9 Å². The zero-order chi connectivity index (χ0) is 9.68. The number of rotatable bonds is 3. The Balaban J connectivity index is 2.59. The van der Waals surface area contributed by atoms with Crippen molar-refractivity contribution in [2.75, 3.05) is 0 Å². The summed E-state index contributed by atoms with van der Waals surface area (Å²) in [5, 5.41) is 0.0308. The van der Waals surface area contributed by atoms with Crippen molar-refractivity contribution in [2.45, 2.75) is 12.7 Å². The molecule has 0 amide bonds. The van der Waals surface area contributed by atoms with Crippen LogP contribution in [0.1, 0.15) is 11.1 Å². The number of thioether (sulfide) groups is 1. The highest BCUT2D eigenvalue weighted by molar-refractivity contribution is 8.13. The molecule has 0 aliphatic heterocycles. The Morgan fingerprint density at radius 1 is 1.54 bits per heavy atom. The summed E-state index contributed by atoms with van der Waals surface area (Å²) >= 11 is 1.29. The first-order valence-corrected chi connectivity index (χ1v) is 5.06. The lowest BCUT2D eigenvalue weighted by Gasteiger charge is -2.02. The average Bonchev–Trinajstić information content (AvgIpc) is 2.16. The number of hydrogen-bond acceptors (Lipinski definition) is 2. The monoisotopic (exact) mass is 192 g/mol. The topological polar surface area (TPSA) is 17.1 Å². The number of hydrogen-bond donors (Lipinski definition) is 0. The van der Waals surface area contributed by atoms with E-state index in [9.17, 15) is 4.79 Å². The van der Waals surface area contributed by atoms with Crippen molar-refractivity contribution in [3.05, 3.63) is 48.0 Å². The summed E-state index contributed by atoms with van der Waals surface area (Å²) < 4.78 is 0. The van der Waals surface area contributed by atoms with Gasteiger partial charge in [0.1, 0.15) is 0 Å². The third-order valence-corrected chi connectivity index (χ3v) is 2.70. The summed E-state index contributed by atoms with van der Waals surface area (Å²) in [4.78, 5) is 10.9. The Morgan fingerprint density at radius 2 is 2.23 bits per heavy atom. The van der Waals surface area contributed by atoms with Crippen LogP contribution in [0.2, 0.25) is 0 Å². The lowest BCUT2D eigenvalue weighted by atomic mass is 10.1. The molecule has 2 heteroatoms. The van der Waals surface area contributed by atoms with Gasteiger partial charge in [0.2, 0.25) is 5.12 Å². The van der Waals surface area contributed by atoms with Crippen LogP contribution in [0.15, 0.2) is 36.9 Å². The van der Waals surface area contributed by atoms with E-state index in [4.69, 9.17) is 0 Å². The van der Waals surface area contributed by atoms with E-state index >= 15 is 0 Å². The lowest BCUT2D eigenvalue weighted by molar-refractivity contribution is -0.107. The van der Waals surface area contributed by atoms with Gasteiger partial charge in [-0.15, -0.1) is 0 Å². The van der Waals surface area contributed by atoms with Gasteiger partial charge in [0.25, 0.3) is 0 Å². The summed E-state index contributed by atoms with van der Waals surface area (Å²) in [6.07, 6.45) is 1.35. The van der Waals surface area contributed by atoms with Gasteiger partial charge in [-0.2, -0.15) is 0 Å². The van der Waals surface area contributed by atoms with Crippen LogP contribution in [0, 0.1) is 6.92 Å². The van der Waals surface area contributed by atoms with Gasteiger partial charge in [-0.25, -0.2) is 0 Å². The first-order chi connectivity index (χ1) is 6.24. The second-order valence-corrected chi connectivity index (χ2v) is 3.72. The maximum atomic E-state index is 10.9. The molecule has 0 bridgehead atoms. The second kappa shape index (κ2) is 4.87. The van der Waals surface area contributed by atoms with Crippen LogP contribution < -0.4 is 0 Å². The number of benzene rings is 1. The van der Waals surface area contributed by atoms with Crippen LogP contribution in [0.3, 0.4) is 0 Å². The van der Waals surface area contributed by atoms with E-state index in [0.717, 1.165) is 5.75 Å². The normalized spacial score (nSPS) is 9.62. The number of aryl methyl sites for hydroxylation is 1. The predicted molar refractivity (Wildman–Crippen MR) is 57.7 cm³/mol. The molecule has 0 aromatic heterocycles. The molecule has 0 saturated carbocycles. The molecule has 0 heterocycles. The van der Waals surface area contributed by atoms with Crippen molar-refractivity contribution in [1.29, 1.82) is 0 Å². The zero-order valence-corrected chi connectivity index (χ0v) is 8.43. The van der Waals surface area contributed by atoms with E-state index in [1.54, 1.807) is 0 Å². The van der Waals surface area contributed by atoms with Crippen molar-refractivity contribution < 1.29 is 4.79 Å². The Bertz CT molecular complexity index is 318. The molecule has 1 nitrogen and oxygen atoms in total. The molecule has 0 radical (unpaired) electrons. The molecule has 0 saturated heterocycles. The predicted octanol–water partition coefficient (Wildman–Crippen LogP) is 2.94. The first-order valence-electron chi connectivity index (χ1n) is 4.07. The smallest absolute Gasteiger partial charge is 0.211 e. The third kappa shape index (κ3) is 3.07. The van der Waals surface area contributed by atoms with E-state index in [1.807, 2.05) is 31.2 Å². The highest BCUT2D eigenvalue weighted by Crippen LogP contribution is 2.16. The Hall–Kier alpha value is -1.02. The van der Waals surface area contributed by atoms with Crippen LogP contribution in [0.4, 0.5) is 0 Å². The molecule has 0 atom stereocenters. The summed E-state index contributed by atoms with van der Waals surface area (Å²) in [7, 11) is 0. The van der Waals surface area contributed by atoms with Gasteiger partial charge in [0, 0.05) is 5.75 Å². The molecule has 68 valence electrons. The van der Waals surface area contributed by atoms with Gasteiger partial charge in [-0.05, 0) is 24.1 Å². The standard InChI is InChI=1S/C11H12OS/c1-3-11(12)13-8-10-7-5-4-6-9(10)2/h3-7H,1,8H2,2H3. The fraction of sp³-hybridized carbons (Fsp3) is 0.182. The third-order valence-electron chi connectivity index (χ3n) is 1.80. The van der Waals surface area contributed by atoms with Crippen molar-refractivity contribution >= 4 is 16.9 Å². The highest BCUT2D eigenvalue weighted by atomic mass is 32.2. The minimum atomic E-state index is 0.0308. The molecular formula is C11H12OS. The van der Waals surface area contributed by atoms with Crippen LogP contribution in [0.5, 0.6) is 0 Å². The Morgan fingerprint density at radius 3 is 2.85 bits per heavy atom. The van der Waals surface area contributed by atoms with Gasteiger partial charge >= 0.3 is 0 Å². The fourth-order valence-corrected chi connectivity index (χ4v) is 1.72. The van der Waals surface area contributed by atoms with Crippen molar-refractivity contribution in [3.63, 3.8) is 0 Å². The minimum absolute atomic E-state index is 0.0308. The molecule has 13 heavy (non-hydrogen) atoms. The summed E-state index contributed by atoms with van der Waals surface area (Å²) in [6.45, 7) is 5.47. The summed E-state index contributed by atoms with van der Waals surface area (Å²) in [5.74, 6) is 0.734. The maximum absolute atomic E-state index is 10.9. The van der Waals surface area contributed by atoms with Gasteiger partial charge in [0.15, 0.2) is 0 Å². The first kappa shape index (κ1) is 10.1. The molecule has 0 fully saturated rings. The van der Waals surface area contributed by atoms with E-state index in [1.165, 1.54) is 29.0 Å². The molecule has 1 aromatic carbocycles. The van der Waals surface area contributed by atoms with Gasteiger partial charge < -0.3 is 0 Å². The number of carbonyl (C=O) groups is 1. The zero-order valence-electron chi connectivity index (χ0n) is 7.62. The summed E-state index contributed by atoms with van der Waals surface area (Å²) in [5.41, 5.74) is 2.44. The van der Waals surface area contributed by atoms with Crippen molar-refractivity contribution in [2.24, 2.45) is 0 Å². The maximum Gasteiger partial charge on any atom is 0.211 e. The quantitative estimate of drug-likeness (QED) is 0.685. The molecular weight excluding hydrogens is 180 g/mol. The van der Waals surface area contributed by atoms with E-state index in [-0.39, 0.29) is 5.12 Å². The highest BCUT2D eigenvalue weighted by Gasteiger charge is 2.00. The van der Waals surface area contributed by atoms with E-state index in [2.05, 4.69) is 6.58 Å². The van der Waals surface area contributed by atoms with E-state index in [0.29, 0.717) is 0 Å². The average molecular weight is 192 g/mol. The van der Waals surface area contributed by atoms with Gasteiger partial charge in [0.05, 0.1) is 0 Å². The van der Waals surface area contributed by atoms with Crippen LogP contribution in [-0.4, -0.2) is 5.12 Å². The summed E-state index contributed by atoms with van der Waals surface area (Å²) in [6, 6.07) is 8.08. The molecule has 0 aliphatic carbocycles. The van der Waals surface area contributed by atoms with Crippen molar-refractivity contribution in [3.8, 4) is 0 Å². The van der Waals surface area contributed by atoms with Gasteiger partial charge in [-0.3, -0.25) is 4.79 Å². The van der Waals surface area contributed by atoms with Crippen LogP contribution in [0.25, 0.3) is 0 Å². The minimum Gasteiger partial charge on any atom is -0.282 e. The van der Waals surface area contributed by atoms with Crippen LogP contribution >= 0.6 is 11.8 Å². The van der Waals surface area contributed by atoms with Gasteiger partial charge in [-0.1, -0.05) is 42.6 Å². The molecule has 0 spiro atoms. The lowest BCUT2D eigenvalue weighted by Crippen LogP contribution is -1.89. The molecule has 0 unspecified atom stereocenters. The molecule has 0 aliphatic rings. The Kier molecular flexibility index (Phi) is 3.77. The van der Waals surface area contributed by atoms with Crippen LogP contribution in [-0.2, 0) is 10.5 Å². The molecule has 0 N–H and O–H groups in total. The molecule has 1 aromatic rings. The fourth-order valence-electron chi connectivity index (χ4n) is 0.980. The largest absolute Gasteiger partial charge is 0.282 e. The van der Waals surface area contributed by atoms with E-state index < -0.39 is 0 Å². The second-order valence-electron chi connectivity index (χ2n) is 2.74. The number of carbonyl (C=O) groups excluding carboxylic acids is 1. The SMILES string of the molecule is C=CC(=O)SCc1ccccc1C. The van der Waals surface area contributed by atoms with Crippen molar-refractivity contribution in [1.82, 2.24) is 0 Å².